The van der Waals surface area contributed by atoms with E-state index in [0.29, 0.717) is 11.1 Å². The minimum Gasteiger partial charge on any atom is -0.466 e. The van der Waals surface area contributed by atoms with Crippen LogP contribution >= 0.6 is 0 Å². The smallest absolute Gasteiger partial charge is 0.408 e. The molecule has 0 aromatic heterocycles. The van der Waals surface area contributed by atoms with Gasteiger partial charge >= 0.3 is 18.0 Å². The Labute approximate surface area is 204 Å². The fourth-order valence-electron chi connectivity index (χ4n) is 3.02. The van der Waals surface area contributed by atoms with Gasteiger partial charge in [-0.2, -0.15) is 8.42 Å². The van der Waals surface area contributed by atoms with Gasteiger partial charge < -0.3 is 19.5 Å². The minimum absolute atomic E-state index is 0.0267. The molecule has 0 aliphatic heterocycles. The number of benzene rings is 2. The molecule has 0 saturated heterocycles. The molecule has 2 aromatic carbocycles. The van der Waals surface area contributed by atoms with E-state index in [2.05, 4.69) is 5.32 Å². The van der Waals surface area contributed by atoms with Crippen LogP contribution in [-0.4, -0.2) is 51.8 Å². The average molecular weight is 508 g/mol. The average Bonchev–Trinajstić information content (AvgIpc) is 2.82. The summed E-state index contributed by atoms with van der Waals surface area (Å²) in [5.41, 5.74) is 1.13. The molecule has 35 heavy (non-hydrogen) atoms. The molecule has 2 rings (SSSR count). The molecule has 10 nitrogen and oxygen atoms in total. The summed E-state index contributed by atoms with van der Waals surface area (Å²) in [7, 11) is -4.29. The lowest BCUT2D eigenvalue weighted by molar-refractivity contribution is -0.150. The van der Waals surface area contributed by atoms with E-state index in [1.54, 1.807) is 67.6 Å². The summed E-state index contributed by atoms with van der Waals surface area (Å²) in [6, 6.07) is 15.4. The fraction of sp³-hybridized carbons (Fsp3) is 0.375. The zero-order chi connectivity index (χ0) is 25.7. The summed E-state index contributed by atoms with van der Waals surface area (Å²) in [5, 5.41) is 2.27. The van der Waals surface area contributed by atoms with Crippen molar-refractivity contribution in [2.24, 2.45) is 0 Å². The number of carbonyl (C=O) groups excluding carboxylic acids is 3. The van der Waals surface area contributed by atoms with Crippen molar-refractivity contribution >= 4 is 28.1 Å². The third-order valence-corrected chi connectivity index (χ3v) is 5.76. The lowest BCUT2D eigenvalue weighted by Gasteiger charge is -2.25. The van der Waals surface area contributed by atoms with Gasteiger partial charge in [0.05, 0.1) is 19.6 Å². The normalized spacial score (nSPS) is 12.7. The highest BCUT2D eigenvalue weighted by molar-refractivity contribution is 7.85. The number of amides is 1. The molecular formula is C24H29NO9S. The van der Waals surface area contributed by atoms with E-state index in [4.69, 9.17) is 18.4 Å². The van der Waals surface area contributed by atoms with Crippen LogP contribution in [0.25, 0.3) is 0 Å². The van der Waals surface area contributed by atoms with Crippen molar-refractivity contribution in [1.29, 1.82) is 0 Å². The van der Waals surface area contributed by atoms with Crippen LogP contribution in [0, 0.1) is 0 Å². The van der Waals surface area contributed by atoms with Gasteiger partial charge in [0, 0.05) is 0 Å². The van der Waals surface area contributed by atoms with Crippen LogP contribution in [0.3, 0.4) is 0 Å². The summed E-state index contributed by atoms with van der Waals surface area (Å²) >= 11 is 0. The van der Waals surface area contributed by atoms with Crippen molar-refractivity contribution in [3.63, 3.8) is 0 Å². The molecule has 1 amide bonds. The molecule has 0 aliphatic carbocycles. The Balaban J connectivity index is 2.23. The van der Waals surface area contributed by atoms with Crippen LogP contribution in [0.1, 0.15) is 31.4 Å². The molecule has 2 aromatic rings. The van der Waals surface area contributed by atoms with Crippen molar-refractivity contribution < 1.29 is 41.2 Å². The molecule has 2 atom stereocenters. The van der Waals surface area contributed by atoms with Crippen LogP contribution in [0.2, 0.25) is 0 Å². The van der Waals surface area contributed by atoms with E-state index in [-0.39, 0.29) is 19.8 Å². The van der Waals surface area contributed by atoms with Gasteiger partial charge in [-0.05, 0) is 25.0 Å². The van der Waals surface area contributed by atoms with Gasteiger partial charge in [-0.1, -0.05) is 60.7 Å². The molecule has 0 radical (unpaired) electrons. The van der Waals surface area contributed by atoms with Crippen molar-refractivity contribution in [2.45, 2.75) is 44.8 Å². The van der Waals surface area contributed by atoms with Crippen LogP contribution in [0.15, 0.2) is 60.7 Å². The number of ether oxygens (including phenoxy) is 3. The summed E-state index contributed by atoms with van der Waals surface area (Å²) in [6.07, 6.45) is -3.29. The Morgan fingerprint density at radius 1 is 0.829 bits per heavy atom. The zero-order valence-corrected chi connectivity index (χ0v) is 20.4. The molecule has 0 bridgehead atoms. The first kappa shape index (κ1) is 27.8. The van der Waals surface area contributed by atoms with Gasteiger partial charge in [-0.15, -0.1) is 0 Å². The van der Waals surface area contributed by atoms with Crippen LogP contribution < -0.4 is 5.32 Å². The fourth-order valence-corrected chi connectivity index (χ4v) is 4.24. The number of alkyl carbamates (subject to hydrolysis) is 1. The predicted octanol–water partition coefficient (Wildman–Crippen LogP) is 2.71. The maximum atomic E-state index is 12.8. The Morgan fingerprint density at radius 3 is 1.97 bits per heavy atom. The topological polar surface area (TPSA) is 134 Å². The molecule has 0 aliphatic rings. The maximum absolute atomic E-state index is 12.8. The molecule has 0 fully saturated rings. The summed E-state index contributed by atoms with van der Waals surface area (Å²) < 4.78 is 45.8. The second kappa shape index (κ2) is 14.1. The first-order valence-electron chi connectivity index (χ1n) is 11.0. The molecule has 0 spiro atoms. The molecule has 0 heterocycles. The van der Waals surface area contributed by atoms with E-state index < -0.39 is 52.5 Å². The quantitative estimate of drug-likeness (QED) is 0.247. The van der Waals surface area contributed by atoms with Crippen molar-refractivity contribution in [2.75, 3.05) is 13.2 Å². The number of hydrogen-bond acceptors (Lipinski definition) is 9. The molecule has 2 unspecified atom stereocenters. The number of rotatable bonds is 13. The molecule has 0 saturated carbocycles. The maximum Gasteiger partial charge on any atom is 0.408 e. The Hall–Kier alpha value is -3.44. The minimum atomic E-state index is -4.29. The lowest BCUT2D eigenvalue weighted by Crippen LogP contribution is -2.52. The van der Waals surface area contributed by atoms with E-state index in [0.717, 1.165) is 0 Å². The highest BCUT2D eigenvalue weighted by Crippen LogP contribution is 2.16. The van der Waals surface area contributed by atoms with Crippen molar-refractivity contribution in [1.82, 2.24) is 5.32 Å². The highest BCUT2D eigenvalue weighted by atomic mass is 32.2. The first-order valence-corrected chi connectivity index (χ1v) is 12.6. The summed E-state index contributed by atoms with van der Waals surface area (Å²) in [4.78, 5) is 37.3. The van der Waals surface area contributed by atoms with Crippen molar-refractivity contribution in [3.8, 4) is 0 Å². The van der Waals surface area contributed by atoms with Gasteiger partial charge in [0.1, 0.15) is 18.5 Å². The summed E-state index contributed by atoms with van der Waals surface area (Å²) in [5.74, 6) is -2.32. The third kappa shape index (κ3) is 10.1. The monoisotopic (exact) mass is 507 g/mol. The largest absolute Gasteiger partial charge is 0.466 e. The van der Waals surface area contributed by atoms with Gasteiger partial charge in [0.15, 0.2) is 6.04 Å². The molecule has 190 valence electrons. The van der Waals surface area contributed by atoms with E-state index in [9.17, 15) is 22.8 Å². The Morgan fingerprint density at radius 2 is 1.40 bits per heavy atom. The molecule has 1 N–H and O–H groups in total. The lowest BCUT2D eigenvalue weighted by atomic mass is 10.1. The number of esters is 2. The van der Waals surface area contributed by atoms with Crippen molar-refractivity contribution in [3.05, 3.63) is 71.8 Å². The van der Waals surface area contributed by atoms with Crippen LogP contribution in [-0.2, 0) is 50.5 Å². The molecule has 11 heteroatoms. The molecular weight excluding hydrogens is 478 g/mol. The third-order valence-electron chi connectivity index (χ3n) is 4.53. The van der Waals surface area contributed by atoms with Gasteiger partial charge in [0.25, 0.3) is 10.1 Å². The number of hydrogen-bond donors (Lipinski definition) is 1. The second-order valence-electron chi connectivity index (χ2n) is 7.27. The van der Waals surface area contributed by atoms with Gasteiger partial charge in [-0.25, -0.2) is 9.59 Å². The van der Waals surface area contributed by atoms with Gasteiger partial charge in [-0.3, -0.25) is 8.98 Å². The highest BCUT2D eigenvalue weighted by Gasteiger charge is 2.38. The second-order valence-corrected chi connectivity index (χ2v) is 8.86. The first-order chi connectivity index (χ1) is 16.7. The Bertz CT molecular complexity index is 1060. The van der Waals surface area contributed by atoms with E-state index >= 15 is 0 Å². The van der Waals surface area contributed by atoms with E-state index in [1.165, 1.54) is 6.92 Å². The predicted molar refractivity (Wildman–Crippen MR) is 125 cm³/mol. The SMILES string of the molecule is CCOC(=O)CC(OS(=O)(=O)Cc1ccccc1)C(NC(=O)OCc1ccccc1)C(=O)OCC. The Kier molecular flexibility index (Phi) is 11.2. The number of carbonyl (C=O) groups is 3. The summed E-state index contributed by atoms with van der Waals surface area (Å²) in [6.45, 7) is 2.98. The zero-order valence-electron chi connectivity index (χ0n) is 19.5. The van der Waals surface area contributed by atoms with E-state index in [1.807, 2.05) is 0 Å². The van der Waals surface area contributed by atoms with Crippen LogP contribution in [0.4, 0.5) is 4.79 Å². The van der Waals surface area contributed by atoms with Crippen LogP contribution in [0.5, 0.6) is 0 Å². The van der Waals surface area contributed by atoms with Gasteiger partial charge in [0.2, 0.25) is 0 Å². The number of nitrogens with one attached hydrogen (secondary N) is 1. The standard InChI is InChI=1S/C24H29NO9S/c1-3-31-21(26)15-20(34-35(29,30)17-19-13-9-6-10-14-19)22(23(27)32-4-2)25-24(28)33-16-18-11-7-5-8-12-18/h5-14,20,22H,3-4,15-17H2,1-2H3,(H,25,28).